The summed E-state index contributed by atoms with van der Waals surface area (Å²) in [5, 5.41) is 20.4. The van der Waals surface area contributed by atoms with Gasteiger partial charge < -0.3 is 25.0 Å². The average molecular weight is 281 g/mol. The molecule has 20 heavy (non-hydrogen) atoms. The zero-order chi connectivity index (χ0) is 14.7. The summed E-state index contributed by atoms with van der Waals surface area (Å²) in [6, 6.07) is 5.48. The second-order valence-electron chi connectivity index (χ2n) is 4.43. The van der Waals surface area contributed by atoms with Gasteiger partial charge in [0.05, 0.1) is 6.10 Å². The monoisotopic (exact) mass is 281 g/mol. The van der Waals surface area contributed by atoms with Crippen molar-refractivity contribution in [2.75, 3.05) is 6.61 Å². The number of aliphatic hydroxyl groups is 1. The lowest BCUT2D eigenvalue weighted by Gasteiger charge is -2.27. The molecule has 7 nitrogen and oxygen atoms in total. The topological polar surface area (TPSA) is 105 Å². The molecule has 0 bridgehead atoms. The smallest absolute Gasteiger partial charge is 0.328 e. The Balaban J connectivity index is 2.03. The number of ether oxygens (including phenoxy) is 2. The number of rotatable bonds is 4. The molecule has 1 heterocycles. The highest BCUT2D eigenvalue weighted by Crippen LogP contribution is 2.30. The van der Waals surface area contributed by atoms with Crippen LogP contribution in [0.25, 0.3) is 0 Å². The van der Waals surface area contributed by atoms with Crippen molar-refractivity contribution in [3.8, 4) is 11.5 Å². The maximum atomic E-state index is 11.9. The summed E-state index contributed by atoms with van der Waals surface area (Å²) in [6.07, 6.45) is -2.17. The number of amides is 1. The van der Waals surface area contributed by atoms with Crippen molar-refractivity contribution in [3.05, 3.63) is 24.3 Å². The minimum atomic E-state index is -1.39. The van der Waals surface area contributed by atoms with Crippen LogP contribution in [-0.4, -0.2) is 46.9 Å². The van der Waals surface area contributed by atoms with Crippen LogP contribution in [0.1, 0.15) is 6.92 Å². The van der Waals surface area contributed by atoms with Gasteiger partial charge in [0.1, 0.15) is 6.61 Å². The Morgan fingerprint density at radius 1 is 1.35 bits per heavy atom. The predicted octanol–water partition coefficient (Wildman–Crippen LogP) is -0.223. The van der Waals surface area contributed by atoms with Crippen LogP contribution in [0.4, 0.5) is 0 Å². The first-order chi connectivity index (χ1) is 9.49. The third kappa shape index (κ3) is 3.00. The van der Waals surface area contributed by atoms with Crippen LogP contribution in [0.15, 0.2) is 24.3 Å². The second kappa shape index (κ2) is 5.79. The Bertz CT molecular complexity index is 515. The number of carboxylic acids is 1. The summed E-state index contributed by atoms with van der Waals surface area (Å²) < 4.78 is 10.8. The maximum Gasteiger partial charge on any atom is 0.328 e. The van der Waals surface area contributed by atoms with Gasteiger partial charge in [0.2, 0.25) is 6.10 Å². The van der Waals surface area contributed by atoms with Crippen molar-refractivity contribution in [2.45, 2.75) is 25.2 Å². The van der Waals surface area contributed by atoms with Gasteiger partial charge in [-0.3, -0.25) is 4.79 Å². The highest BCUT2D eigenvalue weighted by Gasteiger charge is 2.32. The summed E-state index contributed by atoms with van der Waals surface area (Å²) >= 11 is 0. The highest BCUT2D eigenvalue weighted by molar-refractivity contribution is 5.87. The van der Waals surface area contributed by atoms with Crippen LogP contribution in [0.3, 0.4) is 0 Å². The Labute approximate surface area is 115 Å². The molecule has 1 aliphatic heterocycles. The molecular formula is C13H15NO6. The minimum Gasteiger partial charge on any atom is -0.485 e. The van der Waals surface area contributed by atoms with E-state index in [4.69, 9.17) is 14.6 Å². The third-order valence-electron chi connectivity index (χ3n) is 2.85. The molecule has 0 aliphatic carbocycles. The first-order valence-electron chi connectivity index (χ1n) is 6.08. The number of para-hydroxylation sites is 2. The van der Waals surface area contributed by atoms with Gasteiger partial charge in [0.15, 0.2) is 17.5 Å². The molecule has 1 aromatic rings. The molecule has 1 amide bonds. The average Bonchev–Trinajstić information content (AvgIpc) is 2.43. The molecule has 0 spiro atoms. The maximum absolute atomic E-state index is 11.9. The van der Waals surface area contributed by atoms with Crippen molar-refractivity contribution in [3.63, 3.8) is 0 Å². The molecule has 7 heteroatoms. The van der Waals surface area contributed by atoms with Gasteiger partial charge in [-0.2, -0.15) is 0 Å². The number of hydrogen-bond donors (Lipinski definition) is 3. The zero-order valence-electron chi connectivity index (χ0n) is 10.8. The fourth-order valence-electron chi connectivity index (χ4n) is 1.78. The van der Waals surface area contributed by atoms with E-state index in [1.807, 2.05) is 0 Å². The van der Waals surface area contributed by atoms with Crippen molar-refractivity contribution in [1.82, 2.24) is 5.32 Å². The van der Waals surface area contributed by atoms with Crippen molar-refractivity contribution in [1.29, 1.82) is 0 Å². The van der Waals surface area contributed by atoms with Gasteiger partial charge in [-0.25, -0.2) is 4.79 Å². The Hall–Kier alpha value is -2.28. The quantitative estimate of drug-likeness (QED) is 0.704. The summed E-state index contributed by atoms with van der Waals surface area (Å²) in [5.41, 5.74) is 0. The molecule has 3 atom stereocenters. The molecule has 2 rings (SSSR count). The molecule has 1 aromatic carbocycles. The van der Waals surface area contributed by atoms with Crippen LogP contribution in [-0.2, 0) is 9.59 Å². The van der Waals surface area contributed by atoms with E-state index in [2.05, 4.69) is 5.32 Å². The number of hydrogen-bond acceptors (Lipinski definition) is 5. The van der Waals surface area contributed by atoms with E-state index >= 15 is 0 Å². The Kier molecular flexibility index (Phi) is 4.09. The number of aliphatic hydroxyl groups excluding tert-OH is 1. The van der Waals surface area contributed by atoms with Crippen molar-refractivity contribution in [2.24, 2.45) is 0 Å². The molecule has 3 N–H and O–H groups in total. The van der Waals surface area contributed by atoms with Gasteiger partial charge >= 0.3 is 5.97 Å². The number of carboxylic acid groups (broad SMARTS) is 1. The lowest BCUT2D eigenvalue weighted by Crippen LogP contribution is -2.53. The Morgan fingerprint density at radius 2 is 2.00 bits per heavy atom. The van der Waals surface area contributed by atoms with E-state index in [0.717, 1.165) is 0 Å². The number of carbonyl (C=O) groups excluding carboxylic acids is 1. The molecule has 0 saturated heterocycles. The normalized spacial score (nSPS) is 19.8. The first-order valence-corrected chi connectivity index (χ1v) is 6.08. The molecule has 0 fully saturated rings. The molecular weight excluding hydrogens is 266 g/mol. The van der Waals surface area contributed by atoms with Crippen molar-refractivity contribution < 1.29 is 29.3 Å². The fraction of sp³-hybridized carbons (Fsp3) is 0.385. The number of carbonyl (C=O) groups is 2. The van der Waals surface area contributed by atoms with Gasteiger partial charge in [0, 0.05) is 0 Å². The summed E-state index contributed by atoms with van der Waals surface area (Å²) in [5.74, 6) is -1.01. The number of fused-ring (bicyclic) bond motifs is 1. The van der Waals surface area contributed by atoms with Crippen LogP contribution in [0.5, 0.6) is 11.5 Å². The number of benzene rings is 1. The van der Waals surface area contributed by atoms with Gasteiger partial charge in [-0.1, -0.05) is 12.1 Å². The van der Waals surface area contributed by atoms with Gasteiger partial charge in [-0.05, 0) is 19.1 Å². The molecule has 0 saturated carbocycles. The van der Waals surface area contributed by atoms with Crippen molar-refractivity contribution >= 4 is 11.9 Å². The first kappa shape index (κ1) is 14.1. The lowest BCUT2D eigenvalue weighted by atomic mass is 10.1. The third-order valence-corrected chi connectivity index (χ3v) is 2.85. The summed E-state index contributed by atoms with van der Waals surface area (Å²) in [4.78, 5) is 22.8. The standard InChI is InChI=1S/C13H15NO6/c1-7(15)11(13(17)18)14-12(16)10-6-19-8-4-2-3-5-9(8)20-10/h2-5,7,10-11,15H,6H2,1H3,(H,14,16)(H,17,18). The van der Waals surface area contributed by atoms with Crippen LogP contribution >= 0.6 is 0 Å². The minimum absolute atomic E-state index is 0.0189. The lowest BCUT2D eigenvalue weighted by molar-refractivity contribution is -0.146. The van der Waals surface area contributed by atoms with E-state index in [1.54, 1.807) is 24.3 Å². The molecule has 108 valence electrons. The Morgan fingerprint density at radius 3 is 2.60 bits per heavy atom. The fourth-order valence-corrected chi connectivity index (χ4v) is 1.78. The molecule has 0 aromatic heterocycles. The summed E-state index contributed by atoms with van der Waals surface area (Å²) in [6.45, 7) is 1.27. The van der Waals surface area contributed by atoms with Gasteiger partial charge in [0.25, 0.3) is 5.91 Å². The van der Waals surface area contributed by atoms with E-state index in [1.165, 1.54) is 6.92 Å². The number of aliphatic carboxylic acids is 1. The van der Waals surface area contributed by atoms with E-state index < -0.39 is 30.1 Å². The van der Waals surface area contributed by atoms with Gasteiger partial charge in [-0.15, -0.1) is 0 Å². The van der Waals surface area contributed by atoms with Crippen LogP contribution < -0.4 is 14.8 Å². The molecule has 3 unspecified atom stereocenters. The summed E-state index contributed by atoms with van der Waals surface area (Å²) in [7, 11) is 0. The van der Waals surface area contributed by atoms with E-state index in [9.17, 15) is 14.7 Å². The zero-order valence-corrected chi connectivity index (χ0v) is 10.8. The number of nitrogens with one attached hydrogen (secondary N) is 1. The predicted molar refractivity (Wildman–Crippen MR) is 67.6 cm³/mol. The van der Waals surface area contributed by atoms with Crippen LogP contribution in [0.2, 0.25) is 0 Å². The van der Waals surface area contributed by atoms with Crippen LogP contribution in [0, 0.1) is 0 Å². The highest BCUT2D eigenvalue weighted by atomic mass is 16.6. The second-order valence-corrected chi connectivity index (χ2v) is 4.43. The largest absolute Gasteiger partial charge is 0.485 e. The van der Waals surface area contributed by atoms with E-state index in [-0.39, 0.29) is 6.61 Å². The molecule has 1 aliphatic rings. The molecule has 0 radical (unpaired) electrons. The SMILES string of the molecule is CC(O)C(NC(=O)C1COc2ccccc2O1)C(=O)O. The van der Waals surface area contributed by atoms with E-state index in [0.29, 0.717) is 11.5 Å².